The molecule has 19 heavy (non-hydrogen) atoms. The summed E-state index contributed by atoms with van der Waals surface area (Å²) < 4.78 is 4.94. The number of rotatable bonds is 2. The van der Waals surface area contributed by atoms with Crippen molar-refractivity contribution in [3.63, 3.8) is 0 Å². The number of carbonyl (C=O) groups excluding carboxylic acids is 1. The SMILES string of the molecule is O=C(Nc1ccccc1)OC(=NO)c1ccccc1. The molecule has 0 aromatic heterocycles. The molecule has 2 aromatic carbocycles. The van der Waals surface area contributed by atoms with E-state index in [0.29, 0.717) is 11.3 Å². The largest absolute Gasteiger partial charge is 0.418 e. The predicted molar refractivity (Wildman–Crippen MR) is 71.3 cm³/mol. The van der Waals surface area contributed by atoms with Gasteiger partial charge in [-0.2, -0.15) is 0 Å². The molecule has 0 heterocycles. The normalized spacial score (nSPS) is 10.8. The molecule has 0 spiro atoms. The van der Waals surface area contributed by atoms with Gasteiger partial charge in [-0.25, -0.2) is 4.79 Å². The Bertz CT molecular complexity index is 568. The summed E-state index contributed by atoms with van der Waals surface area (Å²) in [4.78, 5) is 11.6. The molecule has 0 fully saturated rings. The van der Waals surface area contributed by atoms with Gasteiger partial charge in [-0.15, -0.1) is 0 Å². The summed E-state index contributed by atoms with van der Waals surface area (Å²) >= 11 is 0. The van der Waals surface area contributed by atoms with Crippen LogP contribution in [0.25, 0.3) is 0 Å². The van der Waals surface area contributed by atoms with Gasteiger partial charge in [-0.05, 0) is 29.4 Å². The molecule has 0 aliphatic heterocycles. The van der Waals surface area contributed by atoms with Crippen LogP contribution < -0.4 is 5.32 Å². The Morgan fingerprint density at radius 3 is 2.16 bits per heavy atom. The van der Waals surface area contributed by atoms with Crippen LogP contribution in [-0.4, -0.2) is 17.2 Å². The molecule has 0 unspecified atom stereocenters. The summed E-state index contributed by atoms with van der Waals surface area (Å²) in [5.41, 5.74) is 1.10. The number of para-hydroxylation sites is 1. The van der Waals surface area contributed by atoms with E-state index in [-0.39, 0.29) is 5.90 Å². The number of carbonyl (C=O) groups is 1. The van der Waals surface area contributed by atoms with Gasteiger partial charge < -0.3 is 9.94 Å². The lowest BCUT2D eigenvalue weighted by atomic mass is 10.2. The third-order valence-electron chi connectivity index (χ3n) is 2.32. The first kappa shape index (κ1) is 12.6. The number of ether oxygens (including phenoxy) is 1. The van der Waals surface area contributed by atoms with Gasteiger partial charge in [0.25, 0.3) is 5.90 Å². The third kappa shape index (κ3) is 3.57. The molecule has 5 heteroatoms. The van der Waals surface area contributed by atoms with Gasteiger partial charge >= 0.3 is 6.09 Å². The van der Waals surface area contributed by atoms with Crippen LogP contribution in [0.1, 0.15) is 5.56 Å². The Balaban J connectivity index is 2.02. The molecule has 0 atom stereocenters. The predicted octanol–water partition coefficient (Wildman–Crippen LogP) is 3.07. The van der Waals surface area contributed by atoms with E-state index in [1.54, 1.807) is 48.5 Å². The molecule has 5 nitrogen and oxygen atoms in total. The van der Waals surface area contributed by atoms with Crippen molar-refractivity contribution in [2.75, 3.05) is 5.32 Å². The number of amides is 1. The van der Waals surface area contributed by atoms with E-state index in [9.17, 15) is 4.79 Å². The zero-order valence-electron chi connectivity index (χ0n) is 9.98. The molecule has 0 aliphatic rings. The van der Waals surface area contributed by atoms with Crippen molar-refractivity contribution >= 4 is 17.7 Å². The highest BCUT2D eigenvalue weighted by Crippen LogP contribution is 2.07. The van der Waals surface area contributed by atoms with Gasteiger partial charge in [0.1, 0.15) is 0 Å². The van der Waals surface area contributed by atoms with Crippen molar-refractivity contribution in [1.29, 1.82) is 0 Å². The lowest BCUT2D eigenvalue weighted by Crippen LogP contribution is -2.19. The fourth-order valence-corrected chi connectivity index (χ4v) is 1.47. The number of hydrogen-bond acceptors (Lipinski definition) is 4. The van der Waals surface area contributed by atoms with Crippen LogP contribution in [0.5, 0.6) is 0 Å². The van der Waals surface area contributed by atoms with Crippen molar-refractivity contribution in [3.05, 3.63) is 66.2 Å². The summed E-state index contributed by atoms with van der Waals surface area (Å²) in [5.74, 6) is -0.158. The van der Waals surface area contributed by atoms with Crippen molar-refractivity contribution < 1.29 is 14.7 Å². The molecule has 2 rings (SSSR count). The van der Waals surface area contributed by atoms with Crippen molar-refractivity contribution in [3.8, 4) is 0 Å². The third-order valence-corrected chi connectivity index (χ3v) is 2.32. The Kier molecular flexibility index (Phi) is 4.12. The number of nitrogens with one attached hydrogen (secondary N) is 1. The Morgan fingerprint density at radius 2 is 1.58 bits per heavy atom. The lowest BCUT2D eigenvalue weighted by Gasteiger charge is -2.07. The molecule has 2 aromatic rings. The fraction of sp³-hybridized carbons (Fsp3) is 0. The zero-order valence-corrected chi connectivity index (χ0v) is 9.98. The molecular formula is C14H12N2O3. The minimum atomic E-state index is -0.720. The standard InChI is InChI=1S/C14H12N2O3/c17-14(15-12-9-5-2-6-10-12)19-13(16-18)11-7-3-1-4-8-11/h1-10,18H,(H,15,17). The second-order valence-electron chi connectivity index (χ2n) is 3.65. The Hall–Kier alpha value is -2.82. The van der Waals surface area contributed by atoms with Gasteiger partial charge in [0.05, 0.1) is 0 Å². The summed E-state index contributed by atoms with van der Waals surface area (Å²) in [5, 5.41) is 14.4. The molecular weight excluding hydrogens is 244 g/mol. The van der Waals surface area contributed by atoms with E-state index in [4.69, 9.17) is 9.94 Å². The zero-order chi connectivity index (χ0) is 13.5. The summed E-state index contributed by atoms with van der Waals surface area (Å²) in [7, 11) is 0. The number of anilines is 1. The molecule has 0 radical (unpaired) electrons. The first-order valence-electron chi connectivity index (χ1n) is 5.61. The molecule has 1 amide bonds. The lowest BCUT2D eigenvalue weighted by molar-refractivity contribution is 0.207. The molecule has 0 saturated heterocycles. The highest BCUT2D eigenvalue weighted by molar-refractivity contribution is 6.02. The van der Waals surface area contributed by atoms with E-state index >= 15 is 0 Å². The second-order valence-corrected chi connectivity index (χ2v) is 3.65. The van der Waals surface area contributed by atoms with Crippen LogP contribution >= 0.6 is 0 Å². The quantitative estimate of drug-likeness (QED) is 0.375. The fourth-order valence-electron chi connectivity index (χ4n) is 1.47. The van der Waals surface area contributed by atoms with Crippen LogP contribution in [0.4, 0.5) is 10.5 Å². The van der Waals surface area contributed by atoms with Gasteiger partial charge in [0.15, 0.2) is 0 Å². The second kappa shape index (κ2) is 6.20. The van der Waals surface area contributed by atoms with Crippen LogP contribution in [0.2, 0.25) is 0 Å². The number of hydrogen-bond donors (Lipinski definition) is 2. The van der Waals surface area contributed by atoms with E-state index < -0.39 is 6.09 Å². The van der Waals surface area contributed by atoms with Gasteiger partial charge in [0, 0.05) is 11.3 Å². The highest BCUT2D eigenvalue weighted by atomic mass is 16.6. The van der Waals surface area contributed by atoms with Crippen LogP contribution in [0, 0.1) is 0 Å². The Labute approximate surface area is 110 Å². The van der Waals surface area contributed by atoms with E-state index in [2.05, 4.69) is 10.5 Å². The summed E-state index contributed by atoms with van der Waals surface area (Å²) in [6.45, 7) is 0. The van der Waals surface area contributed by atoms with Crippen molar-refractivity contribution in [2.45, 2.75) is 0 Å². The first-order valence-corrected chi connectivity index (χ1v) is 5.61. The maximum atomic E-state index is 11.6. The average Bonchev–Trinajstić information content (AvgIpc) is 2.47. The summed E-state index contributed by atoms with van der Waals surface area (Å²) in [6.07, 6.45) is -0.720. The van der Waals surface area contributed by atoms with E-state index in [1.807, 2.05) is 12.1 Å². The monoisotopic (exact) mass is 256 g/mol. The molecule has 0 aliphatic carbocycles. The minimum absolute atomic E-state index is 0.158. The number of nitrogens with zero attached hydrogens (tertiary/aromatic N) is 1. The number of benzene rings is 2. The van der Waals surface area contributed by atoms with Gasteiger partial charge in [-0.1, -0.05) is 36.4 Å². The van der Waals surface area contributed by atoms with Crippen LogP contribution in [-0.2, 0) is 4.74 Å². The van der Waals surface area contributed by atoms with Gasteiger partial charge in [-0.3, -0.25) is 5.32 Å². The molecule has 2 N–H and O–H groups in total. The van der Waals surface area contributed by atoms with E-state index in [0.717, 1.165) is 0 Å². The maximum absolute atomic E-state index is 11.6. The van der Waals surface area contributed by atoms with Crippen molar-refractivity contribution in [1.82, 2.24) is 0 Å². The average molecular weight is 256 g/mol. The maximum Gasteiger partial charge on any atom is 0.418 e. The smallest absolute Gasteiger partial charge is 0.408 e. The first-order chi connectivity index (χ1) is 9.29. The molecule has 96 valence electrons. The van der Waals surface area contributed by atoms with E-state index in [1.165, 1.54) is 0 Å². The molecule has 0 bridgehead atoms. The van der Waals surface area contributed by atoms with Crippen LogP contribution in [0.15, 0.2) is 65.8 Å². The topological polar surface area (TPSA) is 70.9 Å². The van der Waals surface area contributed by atoms with Crippen molar-refractivity contribution in [2.24, 2.45) is 5.16 Å². The van der Waals surface area contributed by atoms with Gasteiger partial charge in [0.2, 0.25) is 0 Å². The minimum Gasteiger partial charge on any atom is -0.408 e. The number of oxime groups is 1. The Morgan fingerprint density at radius 1 is 1.00 bits per heavy atom. The molecule has 0 saturated carbocycles. The highest BCUT2D eigenvalue weighted by Gasteiger charge is 2.11. The summed E-state index contributed by atoms with van der Waals surface area (Å²) in [6, 6.07) is 17.5. The van der Waals surface area contributed by atoms with Crippen LogP contribution in [0.3, 0.4) is 0 Å².